The number of hydrogen-bond donors (Lipinski definition) is 0. The molecule has 150 valence electrons. The summed E-state index contributed by atoms with van der Waals surface area (Å²) < 4.78 is 16.4. The molecule has 0 N–H and O–H groups in total. The summed E-state index contributed by atoms with van der Waals surface area (Å²) in [5.74, 6) is 0.849. The highest BCUT2D eigenvalue weighted by Gasteiger charge is 2.16. The smallest absolute Gasteiger partial charge is 0.330 e. The van der Waals surface area contributed by atoms with Crippen LogP contribution in [0.1, 0.15) is 11.1 Å². The van der Waals surface area contributed by atoms with E-state index in [9.17, 15) is 4.79 Å². The zero-order valence-corrected chi connectivity index (χ0v) is 17.0. The molecule has 0 aliphatic rings. The van der Waals surface area contributed by atoms with E-state index in [4.69, 9.17) is 18.9 Å². The van der Waals surface area contributed by atoms with Crippen LogP contribution in [0.4, 0.5) is 0 Å². The van der Waals surface area contributed by atoms with Gasteiger partial charge in [0.15, 0.2) is 5.58 Å². The van der Waals surface area contributed by atoms with Gasteiger partial charge in [-0.1, -0.05) is 24.3 Å². The largest absolute Gasteiger partial charge is 0.497 e. The molecular weight excluding hydrogens is 378 g/mol. The van der Waals surface area contributed by atoms with Gasteiger partial charge in [-0.25, -0.2) is 9.78 Å². The molecule has 0 amide bonds. The Bertz CT molecular complexity index is 1240. The molecule has 0 radical (unpaired) electrons. The van der Waals surface area contributed by atoms with Gasteiger partial charge in [-0.15, -0.1) is 0 Å². The van der Waals surface area contributed by atoms with Crippen molar-refractivity contribution in [3.05, 3.63) is 77.9 Å². The van der Waals surface area contributed by atoms with Crippen LogP contribution in [0.2, 0.25) is 0 Å². The van der Waals surface area contributed by atoms with Crippen molar-refractivity contribution in [1.29, 1.82) is 0 Å². The molecule has 0 saturated carbocycles. The maximum atomic E-state index is 11.6. The molecule has 5 nitrogen and oxygen atoms in total. The fraction of sp³-hybridized carbons (Fsp3) is 0.120. The van der Waals surface area contributed by atoms with Crippen molar-refractivity contribution in [2.75, 3.05) is 14.2 Å². The second-order valence-electron chi connectivity index (χ2n) is 6.86. The monoisotopic (exact) mass is 399 g/mol. The molecule has 3 aromatic carbocycles. The van der Waals surface area contributed by atoms with Gasteiger partial charge in [0.25, 0.3) is 0 Å². The third kappa shape index (κ3) is 3.82. The minimum Gasteiger partial charge on any atom is -0.497 e. The molecule has 0 fully saturated rings. The van der Waals surface area contributed by atoms with Crippen LogP contribution in [-0.2, 0) is 9.53 Å². The lowest BCUT2D eigenvalue weighted by Gasteiger charge is -2.10. The van der Waals surface area contributed by atoms with Crippen molar-refractivity contribution in [3.63, 3.8) is 0 Å². The number of esters is 1. The maximum absolute atomic E-state index is 11.6. The van der Waals surface area contributed by atoms with Crippen LogP contribution in [0.5, 0.6) is 5.75 Å². The van der Waals surface area contributed by atoms with Gasteiger partial charge in [-0.2, -0.15) is 0 Å². The Hall–Kier alpha value is -3.86. The van der Waals surface area contributed by atoms with E-state index in [1.807, 2.05) is 67.6 Å². The van der Waals surface area contributed by atoms with Gasteiger partial charge >= 0.3 is 5.97 Å². The summed E-state index contributed by atoms with van der Waals surface area (Å²) >= 11 is 0. The number of carbonyl (C=O) groups is 1. The second-order valence-corrected chi connectivity index (χ2v) is 6.86. The molecule has 1 heterocycles. The molecule has 0 aliphatic carbocycles. The summed E-state index contributed by atoms with van der Waals surface area (Å²) in [5, 5.41) is 0. The first kappa shape index (κ1) is 19.5. The molecule has 4 rings (SSSR count). The summed E-state index contributed by atoms with van der Waals surface area (Å²) in [5.41, 5.74) is 6.01. The standard InChI is InChI=1S/C25H21NO4/c1-16-13-21(20-15-19(28-2)11-9-17(20)10-12-23(27)29-3)24-22(14-16)26-25(30-24)18-7-5-4-6-8-18/h4-15H,1-3H3/b12-10+. The molecule has 30 heavy (non-hydrogen) atoms. The van der Waals surface area contributed by atoms with Crippen molar-refractivity contribution < 1.29 is 18.7 Å². The first-order chi connectivity index (χ1) is 14.6. The summed E-state index contributed by atoms with van der Waals surface area (Å²) in [7, 11) is 2.97. The number of aryl methyl sites for hydroxylation is 1. The Morgan fingerprint density at radius 2 is 1.80 bits per heavy atom. The number of carbonyl (C=O) groups excluding carboxylic acids is 1. The normalized spacial score (nSPS) is 11.2. The number of aromatic nitrogens is 1. The van der Waals surface area contributed by atoms with Crippen LogP contribution in [0, 0.1) is 6.92 Å². The second kappa shape index (κ2) is 8.25. The number of oxazole rings is 1. The predicted octanol–water partition coefficient (Wildman–Crippen LogP) is 5.67. The van der Waals surface area contributed by atoms with Crippen molar-refractivity contribution in [1.82, 2.24) is 4.98 Å². The zero-order chi connectivity index (χ0) is 21.1. The predicted molar refractivity (Wildman–Crippen MR) is 117 cm³/mol. The van der Waals surface area contributed by atoms with E-state index < -0.39 is 5.97 Å². The number of methoxy groups -OCH3 is 2. The van der Waals surface area contributed by atoms with Gasteiger partial charge in [0.2, 0.25) is 5.89 Å². The van der Waals surface area contributed by atoms with E-state index in [2.05, 4.69) is 0 Å². The van der Waals surface area contributed by atoms with Crippen LogP contribution in [0.3, 0.4) is 0 Å². The highest BCUT2D eigenvalue weighted by atomic mass is 16.5. The van der Waals surface area contributed by atoms with Crippen LogP contribution in [-0.4, -0.2) is 25.2 Å². The average molecular weight is 399 g/mol. The van der Waals surface area contributed by atoms with Gasteiger partial charge < -0.3 is 13.9 Å². The average Bonchev–Trinajstić information content (AvgIpc) is 3.21. The summed E-state index contributed by atoms with van der Waals surface area (Å²) in [6.07, 6.45) is 3.12. The van der Waals surface area contributed by atoms with Gasteiger partial charge in [-0.3, -0.25) is 0 Å². The molecule has 0 unspecified atom stereocenters. The first-order valence-electron chi connectivity index (χ1n) is 9.50. The summed E-state index contributed by atoms with van der Waals surface area (Å²) in [4.78, 5) is 16.3. The lowest BCUT2D eigenvalue weighted by atomic mass is 9.96. The number of nitrogens with zero attached hydrogens (tertiary/aromatic N) is 1. The molecule has 1 aromatic heterocycles. The number of rotatable bonds is 5. The lowest BCUT2D eigenvalue weighted by Crippen LogP contribution is -1.94. The SMILES string of the molecule is COC(=O)/C=C/c1ccc(OC)cc1-c1cc(C)cc2nc(-c3ccccc3)oc12. The minimum atomic E-state index is -0.419. The topological polar surface area (TPSA) is 61.6 Å². The quantitative estimate of drug-likeness (QED) is 0.320. The highest BCUT2D eigenvalue weighted by Crippen LogP contribution is 2.37. The number of fused-ring (bicyclic) bond motifs is 1. The molecule has 0 spiro atoms. The number of hydrogen-bond acceptors (Lipinski definition) is 5. The maximum Gasteiger partial charge on any atom is 0.330 e. The van der Waals surface area contributed by atoms with Crippen molar-refractivity contribution in [2.45, 2.75) is 6.92 Å². The fourth-order valence-electron chi connectivity index (χ4n) is 3.34. The Morgan fingerprint density at radius 1 is 1.00 bits per heavy atom. The molecule has 4 aromatic rings. The van der Waals surface area contributed by atoms with E-state index in [-0.39, 0.29) is 0 Å². The summed E-state index contributed by atoms with van der Waals surface area (Å²) in [6, 6.07) is 19.5. The molecule has 0 aliphatic heterocycles. The Morgan fingerprint density at radius 3 is 2.53 bits per heavy atom. The Labute approximate surface area is 174 Å². The number of ether oxygens (including phenoxy) is 2. The third-order valence-electron chi connectivity index (χ3n) is 4.81. The van der Waals surface area contributed by atoms with Gasteiger partial charge in [0.1, 0.15) is 11.3 Å². The van der Waals surface area contributed by atoms with E-state index in [0.717, 1.165) is 33.3 Å². The Kier molecular flexibility index (Phi) is 5.35. The van der Waals surface area contributed by atoms with Crippen molar-refractivity contribution in [2.24, 2.45) is 0 Å². The lowest BCUT2D eigenvalue weighted by molar-refractivity contribution is -0.134. The van der Waals surface area contributed by atoms with E-state index in [1.54, 1.807) is 13.2 Å². The minimum absolute atomic E-state index is 0.419. The molecule has 0 bridgehead atoms. The highest BCUT2D eigenvalue weighted by molar-refractivity contribution is 5.96. The molecule has 5 heteroatoms. The van der Waals surface area contributed by atoms with E-state index in [1.165, 1.54) is 13.2 Å². The van der Waals surface area contributed by atoms with Gasteiger partial charge in [0.05, 0.1) is 14.2 Å². The molecular formula is C25H21NO4. The van der Waals surface area contributed by atoms with Gasteiger partial charge in [0, 0.05) is 17.2 Å². The fourth-order valence-corrected chi connectivity index (χ4v) is 3.34. The van der Waals surface area contributed by atoms with Crippen molar-refractivity contribution in [3.8, 4) is 28.3 Å². The van der Waals surface area contributed by atoms with Crippen LogP contribution >= 0.6 is 0 Å². The Balaban J connectivity index is 1.93. The third-order valence-corrected chi connectivity index (χ3v) is 4.81. The van der Waals surface area contributed by atoms with Gasteiger partial charge in [-0.05, 0) is 66.1 Å². The zero-order valence-electron chi connectivity index (χ0n) is 17.0. The number of benzene rings is 3. The summed E-state index contributed by atoms with van der Waals surface area (Å²) in [6.45, 7) is 2.02. The van der Waals surface area contributed by atoms with Crippen molar-refractivity contribution >= 4 is 23.1 Å². The van der Waals surface area contributed by atoms with Crippen LogP contribution < -0.4 is 4.74 Å². The van der Waals surface area contributed by atoms with Crippen LogP contribution in [0.15, 0.2) is 71.2 Å². The molecule has 0 saturated heterocycles. The van der Waals surface area contributed by atoms with E-state index >= 15 is 0 Å². The van der Waals surface area contributed by atoms with Crippen LogP contribution in [0.25, 0.3) is 39.8 Å². The molecule has 0 atom stereocenters. The first-order valence-corrected chi connectivity index (χ1v) is 9.50. The van der Waals surface area contributed by atoms with E-state index in [0.29, 0.717) is 17.2 Å².